The maximum Gasteiger partial charge on any atom is 0.514 e. The Balaban J connectivity index is 3.03. The molecule has 0 fully saturated rings. The molecule has 24 heavy (non-hydrogen) atoms. The molecule has 0 saturated heterocycles. The number of hydrogen-bond acceptors (Lipinski definition) is 5. The number of benzene rings is 1. The van der Waals surface area contributed by atoms with Crippen LogP contribution in [-0.2, 0) is 20.9 Å². The molecule has 0 heterocycles. The number of ether oxygens (including phenoxy) is 3. The number of aliphatic carboxylic acids is 1. The first kappa shape index (κ1) is 21.3. The van der Waals surface area contributed by atoms with Gasteiger partial charge in [0.25, 0.3) is 0 Å². The van der Waals surface area contributed by atoms with E-state index in [-0.39, 0.29) is 11.3 Å². The maximum atomic E-state index is 13.1. The number of carbonyl (C=O) groups is 2. The molecule has 0 aliphatic rings. The molecule has 0 spiro atoms. The predicted molar refractivity (Wildman–Crippen MR) is 96.1 cm³/mol. The van der Waals surface area contributed by atoms with Crippen molar-refractivity contribution in [2.24, 2.45) is 0 Å². The second kappa shape index (κ2) is 8.08. The van der Waals surface area contributed by atoms with E-state index >= 15 is 0 Å². The molecule has 0 unspecified atom stereocenters. The SMILES string of the molecule is CC(C)(C)OC(=O)Oc1c(I)cc(I)cc1COC(F)(F)C(=O)O. The van der Waals surface area contributed by atoms with Crippen LogP contribution in [0.4, 0.5) is 13.6 Å². The zero-order valence-corrected chi connectivity index (χ0v) is 17.2. The van der Waals surface area contributed by atoms with E-state index in [0.29, 0.717) is 7.14 Å². The first-order chi connectivity index (χ1) is 10.8. The quantitative estimate of drug-likeness (QED) is 0.321. The number of carbonyl (C=O) groups excluding carboxylic acids is 1. The predicted octanol–water partition coefficient (Wildman–Crippen LogP) is 4.40. The van der Waals surface area contributed by atoms with E-state index in [1.165, 1.54) is 6.07 Å². The summed E-state index contributed by atoms with van der Waals surface area (Å²) in [5.74, 6) is -2.43. The fourth-order valence-electron chi connectivity index (χ4n) is 1.42. The van der Waals surface area contributed by atoms with E-state index in [9.17, 15) is 18.4 Å². The summed E-state index contributed by atoms with van der Waals surface area (Å²) in [7, 11) is 0. The van der Waals surface area contributed by atoms with Crippen LogP contribution in [0, 0.1) is 7.14 Å². The Morgan fingerprint density at radius 1 is 1.21 bits per heavy atom. The average molecular weight is 570 g/mol. The lowest BCUT2D eigenvalue weighted by Gasteiger charge is -2.20. The summed E-state index contributed by atoms with van der Waals surface area (Å²) >= 11 is 3.80. The van der Waals surface area contributed by atoms with Crippen molar-refractivity contribution < 1.29 is 37.7 Å². The molecule has 1 N–H and O–H groups in total. The van der Waals surface area contributed by atoms with E-state index in [1.807, 2.05) is 45.2 Å². The fourth-order valence-corrected chi connectivity index (χ4v) is 3.49. The van der Waals surface area contributed by atoms with Crippen molar-refractivity contribution in [3.8, 4) is 5.75 Å². The Bertz CT molecular complexity index is 643. The van der Waals surface area contributed by atoms with Crippen LogP contribution in [0.3, 0.4) is 0 Å². The zero-order valence-electron chi connectivity index (χ0n) is 12.9. The Hall–Kier alpha value is -0.760. The van der Waals surface area contributed by atoms with Crippen LogP contribution < -0.4 is 4.74 Å². The molecule has 1 rings (SSSR count). The molecule has 134 valence electrons. The summed E-state index contributed by atoms with van der Waals surface area (Å²) in [4.78, 5) is 22.2. The molecule has 0 aromatic heterocycles. The molecule has 0 aliphatic carbocycles. The number of hydrogen-bond donors (Lipinski definition) is 1. The van der Waals surface area contributed by atoms with Crippen LogP contribution in [0.25, 0.3) is 0 Å². The topological polar surface area (TPSA) is 82.1 Å². The minimum absolute atomic E-state index is 0.0218. The average Bonchev–Trinajstić information content (AvgIpc) is 2.37. The van der Waals surface area contributed by atoms with Crippen molar-refractivity contribution in [1.29, 1.82) is 0 Å². The molecule has 0 atom stereocenters. The number of carboxylic acid groups (broad SMARTS) is 1. The molecule has 0 aliphatic heterocycles. The van der Waals surface area contributed by atoms with Gasteiger partial charge in [-0.15, -0.1) is 0 Å². The van der Waals surface area contributed by atoms with Gasteiger partial charge in [-0.2, -0.15) is 8.78 Å². The van der Waals surface area contributed by atoms with E-state index in [4.69, 9.17) is 14.6 Å². The van der Waals surface area contributed by atoms with Crippen LogP contribution in [0.15, 0.2) is 12.1 Å². The monoisotopic (exact) mass is 570 g/mol. The summed E-state index contributed by atoms with van der Waals surface area (Å²) in [5.41, 5.74) is -0.697. The molecule has 6 nitrogen and oxygen atoms in total. The first-order valence-electron chi connectivity index (χ1n) is 6.46. The Kier molecular flexibility index (Phi) is 7.16. The van der Waals surface area contributed by atoms with Crippen molar-refractivity contribution in [1.82, 2.24) is 0 Å². The van der Waals surface area contributed by atoms with Gasteiger partial charge in [0, 0.05) is 9.13 Å². The maximum absolute atomic E-state index is 13.1. The van der Waals surface area contributed by atoms with Crippen molar-refractivity contribution in [2.75, 3.05) is 0 Å². The van der Waals surface area contributed by atoms with E-state index in [0.717, 1.165) is 0 Å². The summed E-state index contributed by atoms with van der Waals surface area (Å²) in [5, 5.41) is 8.39. The third-order valence-electron chi connectivity index (χ3n) is 2.32. The van der Waals surface area contributed by atoms with Gasteiger partial charge in [-0.05, 0) is 78.1 Å². The highest BCUT2D eigenvalue weighted by Crippen LogP contribution is 2.31. The number of rotatable bonds is 5. The van der Waals surface area contributed by atoms with Crippen LogP contribution in [0.1, 0.15) is 26.3 Å². The Morgan fingerprint density at radius 2 is 1.79 bits per heavy atom. The standard InChI is InChI=1S/C14H14F2I2O6/c1-13(2,3)24-12(21)23-10-7(4-8(17)5-9(10)18)6-22-14(15,16)11(19)20/h4-5H,6H2,1-3H3,(H,19,20). The minimum atomic E-state index is -4.35. The number of halogens is 4. The second-order valence-electron chi connectivity index (χ2n) is 5.55. The van der Waals surface area contributed by atoms with Gasteiger partial charge < -0.3 is 19.3 Å². The third kappa shape index (κ3) is 6.63. The molecule has 0 saturated carbocycles. The smallest absolute Gasteiger partial charge is 0.475 e. The van der Waals surface area contributed by atoms with Crippen LogP contribution in [-0.4, -0.2) is 28.9 Å². The number of carboxylic acids is 1. The van der Waals surface area contributed by atoms with Gasteiger partial charge in [0.15, 0.2) is 5.75 Å². The van der Waals surface area contributed by atoms with Gasteiger partial charge in [0.1, 0.15) is 5.60 Å². The lowest BCUT2D eigenvalue weighted by molar-refractivity contribution is -0.250. The minimum Gasteiger partial charge on any atom is -0.475 e. The molecule has 10 heteroatoms. The molecule has 1 aromatic carbocycles. The number of alkyl halides is 2. The molecule has 0 radical (unpaired) electrons. The molecule has 0 amide bonds. The highest BCUT2D eigenvalue weighted by atomic mass is 127. The Labute approximate surface area is 164 Å². The van der Waals surface area contributed by atoms with Crippen LogP contribution in [0.2, 0.25) is 0 Å². The summed E-state index contributed by atoms with van der Waals surface area (Å²) in [6, 6.07) is 3.10. The van der Waals surface area contributed by atoms with Crippen molar-refractivity contribution in [2.45, 2.75) is 39.1 Å². The van der Waals surface area contributed by atoms with E-state index in [2.05, 4.69) is 4.74 Å². The fraction of sp³-hybridized carbons (Fsp3) is 0.429. The van der Waals surface area contributed by atoms with Crippen molar-refractivity contribution >= 4 is 57.3 Å². The van der Waals surface area contributed by atoms with Gasteiger partial charge >= 0.3 is 18.2 Å². The van der Waals surface area contributed by atoms with Crippen molar-refractivity contribution in [3.05, 3.63) is 24.8 Å². The Morgan fingerprint density at radius 3 is 2.29 bits per heavy atom. The normalized spacial score (nSPS) is 12.0. The highest BCUT2D eigenvalue weighted by molar-refractivity contribution is 14.1. The third-order valence-corrected chi connectivity index (χ3v) is 3.74. The van der Waals surface area contributed by atoms with Crippen LogP contribution in [0.5, 0.6) is 5.75 Å². The van der Waals surface area contributed by atoms with Gasteiger partial charge in [-0.25, -0.2) is 9.59 Å². The van der Waals surface area contributed by atoms with Crippen molar-refractivity contribution in [3.63, 3.8) is 0 Å². The second-order valence-corrected chi connectivity index (χ2v) is 7.96. The largest absolute Gasteiger partial charge is 0.514 e. The van der Waals surface area contributed by atoms with Gasteiger partial charge in [0.2, 0.25) is 0 Å². The molecular formula is C14H14F2I2O6. The lowest BCUT2D eigenvalue weighted by atomic mass is 10.2. The molecular weight excluding hydrogens is 556 g/mol. The highest BCUT2D eigenvalue weighted by Gasteiger charge is 2.41. The molecule has 1 aromatic rings. The van der Waals surface area contributed by atoms with Gasteiger partial charge in [-0.3, -0.25) is 0 Å². The summed E-state index contributed by atoms with van der Waals surface area (Å²) in [6.07, 6.45) is -5.36. The molecule has 0 bridgehead atoms. The summed E-state index contributed by atoms with van der Waals surface area (Å²) in [6.45, 7) is 4.17. The first-order valence-corrected chi connectivity index (χ1v) is 8.61. The van der Waals surface area contributed by atoms with E-state index in [1.54, 1.807) is 26.8 Å². The zero-order chi connectivity index (χ0) is 18.7. The lowest BCUT2D eigenvalue weighted by Crippen LogP contribution is -2.31. The van der Waals surface area contributed by atoms with Crippen LogP contribution >= 0.6 is 45.2 Å². The van der Waals surface area contributed by atoms with Gasteiger partial charge in [0.05, 0.1) is 10.2 Å². The summed E-state index contributed by atoms with van der Waals surface area (Å²) < 4.78 is 41.6. The van der Waals surface area contributed by atoms with E-state index < -0.39 is 30.4 Å². The van der Waals surface area contributed by atoms with Gasteiger partial charge in [-0.1, -0.05) is 0 Å².